The molecule has 0 spiro atoms. The van der Waals surface area contributed by atoms with Gasteiger partial charge in [0.1, 0.15) is 0 Å². The predicted molar refractivity (Wildman–Crippen MR) is 71.4 cm³/mol. The first-order chi connectivity index (χ1) is 9.13. The van der Waals surface area contributed by atoms with Crippen molar-refractivity contribution in [3.63, 3.8) is 0 Å². The number of anilines is 1. The van der Waals surface area contributed by atoms with Gasteiger partial charge in [-0.3, -0.25) is 9.59 Å². The molecular formula is C13H17N3O3. The Balaban J connectivity index is 2.20. The lowest BCUT2D eigenvalue weighted by Gasteiger charge is -2.25. The minimum absolute atomic E-state index is 0.208. The van der Waals surface area contributed by atoms with Crippen LogP contribution in [0.5, 0.6) is 5.75 Å². The summed E-state index contributed by atoms with van der Waals surface area (Å²) in [6.45, 7) is 2.86. The average Bonchev–Trinajstić information content (AvgIpc) is 2.39. The Bertz CT molecular complexity index is 502. The summed E-state index contributed by atoms with van der Waals surface area (Å²) in [6, 6.07) is 5.10. The van der Waals surface area contributed by atoms with Crippen LogP contribution in [0.15, 0.2) is 18.2 Å². The van der Waals surface area contributed by atoms with Crippen molar-refractivity contribution < 1.29 is 14.3 Å². The molecule has 6 heteroatoms. The molecule has 0 aliphatic carbocycles. The Morgan fingerprint density at radius 3 is 2.95 bits per heavy atom. The van der Waals surface area contributed by atoms with Gasteiger partial charge in [0.2, 0.25) is 0 Å². The van der Waals surface area contributed by atoms with E-state index in [-0.39, 0.29) is 11.8 Å². The second-order valence-corrected chi connectivity index (χ2v) is 4.29. The van der Waals surface area contributed by atoms with Gasteiger partial charge in [0, 0.05) is 13.1 Å². The molecule has 2 amide bonds. The third kappa shape index (κ3) is 2.85. The van der Waals surface area contributed by atoms with Crippen LogP contribution in [0.1, 0.15) is 17.3 Å². The van der Waals surface area contributed by atoms with Crippen LogP contribution in [0.25, 0.3) is 0 Å². The maximum absolute atomic E-state index is 12.0. The van der Waals surface area contributed by atoms with Gasteiger partial charge >= 0.3 is 0 Å². The molecule has 3 N–H and O–H groups in total. The van der Waals surface area contributed by atoms with Crippen molar-refractivity contribution in [1.29, 1.82) is 0 Å². The molecule has 0 saturated carbocycles. The minimum Gasteiger partial charge on any atom is -0.478 e. The highest BCUT2D eigenvalue weighted by Crippen LogP contribution is 2.33. The molecule has 1 heterocycles. The SMILES string of the molecule is CNCCNC(=O)c1cccc2c1OC(C)C(=O)N2. The normalized spacial score (nSPS) is 17.2. The van der Waals surface area contributed by atoms with E-state index in [1.54, 1.807) is 25.1 Å². The van der Waals surface area contributed by atoms with Gasteiger partial charge in [-0.05, 0) is 26.1 Å². The van der Waals surface area contributed by atoms with Crippen molar-refractivity contribution in [3.05, 3.63) is 23.8 Å². The summed E-state index contributed by atoms with van der Waals surface area (Å²) in [5.41, 5.74) is 0.963. The van der Waals surface area contributed by atoms with Gasteiger partial charge in [-0.2, -0.15) is 0 Å². The van der Waals surface area contributed by atoms with Crippen LogP contribution in [0, 0.1) is 0 Å². The van der Waals surface area contributed by atoms with Crippen molar-refractivity contribution in [2.24, 2.45) is 0 Å². The molecular weight excluding hydrogens is 246 g/mol. The standard InChI is InChI=1S/C13H17N3O3/c1-8-12(17)16-10-5-3-4-9(11(10)19-8)13(18)15-7-6-14-2/h3-5,8,14H,6-7H2,1-2H3,(H,15,18)(H,16,17). The monoisotopic (exact) mass is 263 g/mol. The predicted octanol–water partition coefficient (Wildman–Crippen LogP) is 0.355. The smallest absolute Gasteiger partial charge is 0.265 e. The summed E-state index contributed by atoms with van der Waals surface area (Å²) in [6.07, 6.45) is -0.598. The van der Waals surface area contributed by atoms with Gasteiger partial charge in [0.05, 0.1) is 11.3 Å². The molecule has 1 unspecified atom stereocenters. The van der Waals surface area contributed by atoms with Gasteiger partial charge in [-0.15, -0.1) is 0 Å². The highest BCUT2D eigenvalue weighted by molar-refractivity contribution is 6.03. The van der Waals surface area contributed by atoms with Gasteiger partial charge < -0.3 is 20.7 Å². The molecule has 0 radical (unpaired) electrons. The fourth-order valence-corrected chi connectivity index (χ4v) is 1.80. The van der Waals surface area contributed by atoms with Crippen molar-refractivity contribution in [1.82, 2.24) is 10.6 Å². The van der Waals surface area contributed by atoms with Crippen LogP contribution in [-0.2, 0) is 4.79 Å². The Morgan fingerprint density at radius 1 is 1.42 bits per heavy atom. The molecule has 1 aliphatic heterocycles. The summed E-state index contributed by atoms with van der Waals surface area (Å²) >= 11 is 0. The molecule has 19 heavy (non-hydrogen) atoms. The number of ether oxygens (including phenoxy) is 1. The second-order valence-electron chi connectivity index (χ2n) is 4.29. The Hall–Kier alpha value is -2.08. The van der Waals surface area contributed by atoms with Crippen LogP contribution in [0.3, 0.4) is 0 Å². The number of hydrogen-bond acceptors (Lipinski definition) is 4. The number of likely N-dealkylation sites (N-methyl/N-ethyl adjacent to an activating group) is 1. The van der Waals surface area contributed by atoms with Crippen molar-refractivity contribution in [2.75, 3.05) is 25.5 Å². The summed E-state index contributed by atoms with van der Waals surface area (Å²) in [5, 5.41) is 8.44. The van der Waals surface area contributed by atoms with E-state index in [0.29, 0.717) is 30.1 Å². The molecule has 0 fully saturated rings. The molecule has 2 rings (SSSR count). The van der Waals surface area contributed by atoms with E-state index >= 15 is 0 Å². The molecule has 102 valence electrons. The van der Waals surface area contributed by atoms with E-state index in [0.717, 1.165) is 0 Å². The Labute approximate surface area is 111 Å². The molecule has 1 atom stereocenters. The third-order valence-electron chi connectivity index (χ3n) is 2.84. The first-order valence-electron chi connectivity index (χ1n) is 6.17. The van der Waals surface area contributed by atoms with E-state index in [4.69, 9.17) is 4.74 Å². The van der Waals surface area contributed by atoms with Crippen LogP contribution < -0.4 is 20.7 Å². The molecule has 0 aromatic heterocycles. The fraction of sp³-hybridized carbons (Fsp3) is 0.385. The molecule has 0 bridgehead atoms. The zero-order valence-electron chi connectivity index (χ0n) is 10.9. The summed E-state index contributed by atoms with van der Waals surface area (Å²) in [4.78, 5) is 23.6. The fourth-order valence-electron chi connectivity index (χ4n) is 1.80. The van der Waals surface area contributed by atoms with Gasteiger partial charge in [-0.25, -0.2) is 0 Å². The number of fused-ring (bicyclic) bond motifs is 1. The van der Waals surface area contributed by atoms with Gasteiger partial charge in [-0.1, -0.05) is 6.07 Å². The summed E-state index contributed by atoms with van der Waals surface area (Å²) in [5.74, 6) is 0.00671. The Kier molecular flexibility index (Phi) is 4.01. The zero-order valence-corrected chi connectivity index (χ0v) is 10.9. The highest BCUT2D eigenvalue weighted by Gasteiger charge is 2.27. The van der Waals surface area contributed by atoms with Gasteiger partial charge in [0.15, 0.2) is 11.9 Å². The van der Waals surface area contributed by atoms with Crippen LogP contribution >= 0.6 is 0 Å². The minimum atomic E-state index is -0.598. The van der Waals surface area contributed by atoms with Crippen LogP contribution in [0.4, 0.5) is 5.69 Å². The van der Waals surface area contributed by atoms with Crippen molar-refractivity contribution in [3.8, 4) is 5.75 Å². The van der Waals surface area contributed by atoms with Crippen molar-refractivity contribution >= 4 is 17.5 Å². The van der Waals surface area contributed by atoms with Crippen molar-refractivity contribution in [2.45, 2.75) is 13.0 Å². The number of nitrogens with one attached hydrogen (secondary N) is 3. The maximum atomic E-state index is 12.0. The average molecular weight is 263 g/mol. The molecule has 1 aromatic carbocycles. The number of hydrogen-bond donors (Lipinski definition) is 3. The lowest BCUT2D eigenvalue weighted by Crippen LogP contribution is -2.36. The maximum Gasteiger partial charge on any atom is 0.265 e. The summed E-state index contributed by atoms with van der Waals surface area (Å²) in [7, 11) is 1.82. The number of benzene rings is 1. The third-order valence-corrected chi connectivity index (χ3v) is 2.84. The number of para-hydroxylation sites is 1. The number of rotatable bonds is 4. The molecule has 1 aromatic rings. The first-order valence-corrected chi connectivity index (χ1v) is 6.17. The second kappa shape index (κ2) is 5.71. The first kappa shape index (κ1) is 13.4. The number of carbonyl (C=O) groups excluding carboxylic acids is 2. The van der Waals surface area contributed by atoms with E-state index in [9.17, 15) is 9.59 Å². The highest BCUT2D eigenvalue weighted by atomic mass is 16.5. The quantitative estimate of drug-likeness (QED) is 0.685. The molecule has 6 nitrogen and oxygen atoms in total. The number of amides is 2. The largest absolute Gasteiger partial charge is 0.478 e. The topological polar surface area (TPSA) is 79.5 Å². The lowest BCUT2D eigenvalue weighted by atomic mass is 10.1. The van der Waals surface area contributed by atoms with Crippen LogP contribution in [-0.4, -0.2) is 38.1 Å². The van der Waals surface area contributed by atoms with E-state index in [2.05, 4.69) is 16.0 Å². The zero-order chi connectivity index (χ0) is 13.8. The van der Waals surface area contributed by atoms with E-state index < -0.39 is 6.10 Å². The van der Waals surface area contributed by atoms with E-state index in [1.807, 2.05) is 7.05 Å². The van der Waals surface area contributed by atoms with Gasteiger partial charge in [0.25, 0.3) is 11.8 Å². The molecule has 0 saturated heterocycles. The lowest BCUT2D eigenvalue weighted by molar-refractivity contribution is -0.122. The Morgan fingerprint density at radius 2 is 2.21 bits per heavy atom. The van der Waals surface area contributed by atoms with Crippen LogP contribution in [0.2, 0.25) is 0 Å². The number of carbonyl (C=O) groups is 2. The summed E-state index contributed by atoms with van der Waals surface area (Å²) < 4.78 is 5.51. The molecule has 1 aliphatic rings. The van der Waals surface area contributed by atoms with E-state index in [1.165, 1.54) is 0 Å².